The smallest absolute Gasteiger partial charge is 0.245 e. The van der Waals surface area contributed by atoms with Crippen LogP contribution in [0.2, 0.25) is 0 Å². The number of nitrogens with two attached hydrogens (primary N) is 4. The standard InChI is InChI=1S/C44H64N10O8/c1-27(2)23-34(44(62)54-22-12-19-36(54)41(59)49-31(38(48)56)24-28-13-5-3-6-14-28)52-39(57)32(25-29-15-7-4-8-16-29)50-40(58)33(26-37(47)55)51-42(60)35-18-11-21-53(35)43(61)30(46)17-9-10-20-45/h3-8,13-16,27,30-36H,9-12,17-26,45-46H2,1-2H3,(H2,47,55)(H2,48,56)(H,49,59)(H,50,58)(H,51,60)(H,52,57)/t30-,31-,32-,33-,34-,35-,36-/m0/s1. The number of benzene rings is 2. The number of amides is 8. The predicted molar refractivity (Wildman–Crippen MR) is 231 cm³/mol. The molecular weight excluding hydrogens is 797 g/mol. The molecule has 2 aliphatic rings. The van der Waals surface area contributed by atoms with Crippen LogP contribution >= 0.6 is 0 Å². The molecule has 18 heteroatoms. The Labute approximate surface area is 363 Å². The first-order valence-corrected chi connectivity index (χ1v) is 21.5. The lowest BCUT2D eigenvalue weighted by atomic mass is 10.00. The van der Waals surface area contributed by atoms with E-state index in [1.54, 1.807) is 30.3 Å². The van der Waals surface area contributed by atoms with Crippen LogP contribution < -0.4 is 44.2 Å². The van der Waals surface area contributed by atoms with E-state index in [0.29, 0.717) is 57.1 Å². The van der Waals surface area contributed by atoms with Crippen LogP contribution in [0, 0.1) is 5.92 Å². The Hall–Kier alpha value is -5.88. The fourth-order valence-electron chi connectivity index (χ4n) is 7.97. The average molecular weight is 861 g/mol. The number of primary amides is 2. The summed E-state index contributed by atoms with van der Waals surface area (Å²) in [5, 5.41) is 10.8. The average Bonchev–Trinajstić information content (AvgIpc) is 3.94. The van der Waals surface area contributed by atoms with Crippen LogP contribution in [0.3, 0.4) is 0 Å². The molecule has 0 radical (unpaired) electrons. The molecule has 2 heterocycles. The third-order valence-electron chi connectivity index (χ3n) is 11.2. The molecule has 62 heavy (non-hydrogen) atoms. The Bertz CT molecular complexity index is 1870. The first-order chi connectivity index (χ1) is 29.6. The zero-order chi connectivity index (χ0) is 45.3. The van der Waals surface area contributed by atoms with Crippen molar-refractivity contribution in [2.45, 2.75) is 127 Å². The van der Waals surface area contributed by atoms with Crippen molar-refractivity contribution in [1.29, 1.82) is 0 Å². The minimum atomic E-state index is -1.51. The summed E-state index contributed by atoms with van der Waals surface area (Å²) in [6.45, 7) is 4.71. The van der Waals surface area contributed by atoms with Crippen LogP contribution in [0.25, 0.3) is 0 Å². The maximum absolute atomic E-state index is 14.3. The molecule has 0 aromatic heterocycles. The molecule has 12 N–H and O–H groups in total. The van der Waals surface area contributed by atoms with Crippen LogP contribution in [0.4, 0.5) is 0 Å². The molecule has 0 spiro atoms. The molecule has 0 bridgehead atoms. The number of carbonyl (C=O) groups excluding carboxylic acids is 8. The molecule has 2 aliphatic heterocycles. The highest BCUT2D eigenvalue weighted by Gasteiger charge is 2.41. The maximum Gasteiger partial charge on any atom is 0.245 e. The minimum absolute atomic E-state index is 0.0319. The highest BCUT2D eigenvalue weighted by Crippen LogP contribution is 2.22. The summed E-state index contributed by atoms with van der Waals surface area (Å²) in [5.41, 5.74) is 24.4. The van der Waals surface area contributed by atoms with Gasteiger partial charge >= 0.3 is 0 Å². The summed E-state index contributed by atoms with van der Waals surface area (Å²) < 4.78 is 0. The highest BCUT2D eigenvalue weighted by molar-refractivity contribution is 5.98. The van der Waals surface area contributed by atoms with Crippen molar-refractivity contribution in [3.8, 4) is 0 Å². The second-order valence-corrected chi connectivity index (χ2v) is 16.6. The normalized spacial score (nSPS) is 18.5. The van der Waals surface area contributed by atoms with Crippen molar-refractivity contribution in [3.05, 3.63) is 71.8 Å². The summed E-state index contributed by atoms with van der Waals surface area (Å²) in [7, 11) is 0. The largest absolute Gasteiger partial charge is 0.370 e. The van der Waals surface area contributed by atoms with E-state index in [1.807, 2.05) is 44.2 Å². The van der Waals surface area contributed by atoms with Crippen molar-refractivity contribution >= 4 is 47.3 Å². The van der Waals surface area contributed by atoms with Gasteiger partial charge in [-0.15, -0.1) is 0 Å². The van der Waals surface area contributed by atoms with Gasteiger partial charge in [-0.1, -0.05) is 80.9 Å². The van der Waals surface area contributed by atoms with E-state index in [9.17, 15) is 38.4 Å². The molecule has 338 valence electrons. The van der Waals surface area contributed by atoms with E-state index in [1.165, 1.54) is 9.80 Å². The summed E-state index contributed by atoms with van der Waals surface area (Å²) in [6.07, 6.45) is 3.09. The fraction of sp³-hybridized carbons (Fsp3) is 0.545. The Kier molecular flexibility index (Phi) is 18.8. The third kappa shape index (κ3) is 14.4. The van der Waals surface area contributed by atoms with Gasteiger partial charge in [-0.05, 0) is 68.5 Å². The van der Waals surface area contributed by atoms with Crippen LogP contribution in [0.15, 0.2) is 60.7 Å². The first-order valence-electron chi connectivity index (χ1n) is 21.5. The zero-order valence-corrected chi connectivity index (χ0v) is 35.8. The Morgan fingerprint density at radius 3 is 1.63 bits per heavy atom. The summed E-state index contributed by atoms with van der Waals surface area (Å²) in [4.78, 5) is 111. The molecule has 4 rings (SSSR count). The maximum atomic E-state index is 14.3. The van der Waals surface area contributed by atoms with E-state index in [4.69, 9.17) is 22.9 Å². The number of hydrogen-bond acceptors (Lipinski definition) is 10. The number of rotatable bonds is 23. The lowest BCUT2D eigenvalue weighted by Gasteiger charge is -2.31. The molecule has 8 amide bonds. The predicted octanol–water partition coefficient (Wildman–Crippen LogP) is -0.744. The molecule has 2 fully saturated rings. The van der Waals surface area contributed by atoms with E-state index in [2.05, 4.69) is 21.3 Å². The number of likely N-dealkylation sites (tertiary alicyclic amines) is 2. The molecule has 2 saturated heterocycles. The Balaban J connectivity index is 1.51. The number of unbranched alkanes of at least 4 members (excludes halogenated alkanes) is 1. The van der Waals surface area contributed by atoms with Gasteiger partial charge in [-0.25, -0.2) is 0 Å². The van der Waals surface area contributed by atoms with Crippen LogP contribution in [-0.2, 0) is 51.2 Å². The molecule has 2 aromatic rings. The zero-order valence-electron chi connectivity index (χ0n) is 35.8. The van der Waals surface area contributed by atoms with Gasteiger partial charge in [0.1, 0.15) is 36.3 Å². The van der Waals surface area contributed by atoms with Gasteiger partial charge in [0.15, 0.2) is 0 Å². The Morgan fingerprint density at radius 2 is 1.13 bits per heavy atom. The van der Waals surface area contributed by atoms with E-state index in [0.717, 1.165) is 5.56 Å². The first kappa shape index (κ1) is 48.8. The lowest BCUT2D eigenvalue weighted by molar-refractivity contribution is -0.143. The summed E-state index contributed by atoms with van der Waals surface area (Å²) >= 11 is 0. The van der Waals surface area contributed by atoms with Gasteiger partial charge in [-0.3, -0.25) is 38.4 Å². The van der Waals surface area contributed by atoms with Crippen molar-refractivity contribution in [2.24, 2.45) is 28.9 Å². The number of nitrogens with one attached hydrogen (secondary N) is 4. The van der Waals surface area contributed by atoms with Gasteiger partial charge in [-0.2, -0.15) is 0 Å². The molecule has 7 atom stereocenters. The van der Waals surface area contributed by atoms with Crippen molar-refractivity contribution in [3.63, 3.8) is 0 Å². The summed E-state index contributed by atoms with van der Waals surface area (Å²) in [5.74, 6) is -5.46. The number of nitrogens with zero attached hydrogens (tertiary/aromatic N) is 2. The molecular formula is C44H64N10O8. The van der Waals surface area contributed by atoms with Crippen LogP contribution in [0.5, 0.6) is 0 Å². The second-order valence-electron chi connectivity index (χ2n) is 16.6. The van der Waals surface area contributed by atoms with Crippen molar-refractivity contribution < 1.29 is 38.4 Å². The van der Waals surface area contributed by atoms with Crippen LogP contribution in [0.1, 0.15) is 82.8 Å². The van der Waals surface area contributed by atoms with Gasteiger partial charge in [0, 0.05) is 25.9 Å². The molecule has 18 nitrogen and oxygen atoms in total. The fourth-order valence-corrected chi connectivity index (χ4v) is 7.97. The van der Waals surface area contributed by atoms with Gasteiger partial charge < -0.3 is 54.0 Å². The van der Waals surface area contributed by atoms with Crippen molar-refractivity contribution in [1.82, 2.24) is 31.1 Å². The van der Waals surface area contributed by atoms with E-state index in [-0.39, 0.29) is 38.3 Å². The Morgan fingerprint density at radius 1 is 0.645 bits per heavy atom. The quantitative estimate of drug-likeness (QED) is 0.0648. The molecule has 0 aliphatic carbocycles. The van der Waals surface area contributed by atoms with Crippen LogP contribution in [-0.4, -0.2) is 119 Å². The van der Waals surface area contributed by atoms with Gasteiger partial charge in [0.25, 0.3) is 0 Å². The lowest BCUT2D eigenvalue weighted by Crippen LogP contribution is -2.60. The SMILES string of the molecule is CC(C)C[C@H](NC(=O)[C@H](Cc1ccccc1)NC(=O)[C@H](CC(N)=O)NC(=O)[C@@H]1CCCN1C(=O)[C@@H](N)CCCCN)C(=O)N1CCC[C@H]1C(=O)N[C@@H](Cc1ccccc1)C(N)=O. The number of hydrogen-bond donors (Lipinski definition) is 8. The molecule has 0 unspecified atom stereocenters. The van der Waals surface area contributed by atoms with E-state index >= 15 is 0 Å². The second kappa shape index (κ2) is 23.9. The topological polar surface area (TPSA) is 295 Å². The monoisotopic (exact) mass is 860 g/mol. The van der Waals surface area contributed by atoms with Gasteiger partial charge in [0.05, 0.1) is 12.5 Å². The summed E-state index contributed by atoms with van der Waals surface area (Å²) in [6, 6.07) is 10.2. The molecule has 0 saturated carbocycles. The molecule has 2 aromatic carbocycles. The van der Waals surface area contributed by atoms with Crippen molar-refractivity contribution in [2.75, 3.05) is 19.6 Å². The minimum Gasteiger partial charge on any atom is -0.370 e. The van der Waals surface area contributed by atoms with E-state index < -0.39 is 96.0 Å². The van der Waals surface area contributed by atoms with Gasteiger partial charge in [0.2, 0.25) is 47.3 Å². The highest BCUT2D eigenvalue weighted by atomic mass is 16.2. The number of carbonyl (C=O) groups is 8. The third-order valence-corrected chi connectivity index (χ3v) is 11.2.